The van der Waals surface area contributed by atoms with E-state index < -0.39 is 0 Å². The van der Waals surface area contributed by atoms with Crippen LogP contribution in [0.1, 0.15) is 31.4 Å². The van der Waals surface area contributed by atoms with Crippen LogP contribution >= 0.6 is 15.9 Å². The van der Waals surface area contributed by atoms with Crippen LogP contribution in [-0.2, 0) is 0 Å². The molecular formula is C14H20BrFN2. The number of likely N-dealkylation sites (tertiary alicyclic amines) is 1. The van der Waals surface area contributed by atoms with Crippen molar-refractivity contribution in [3.63, 3.8) is 0 Å². The molecule has 1 N–H and O–H groups in total. The number of piperidine rings is 1. The van der Waals surface area contributed by atoms with Crippen molar-refractivity contribution in [3.8, 4) is 0 Å². The van der Waals surface area contributed by atoms with E-state index in [1.165, 1.54) is 18.9 Å². The Bertz CT molecular complexity index is 411. The SMILES string of the molecule is CC(NC1CCCN(C)C1)c1cc(Br)ccc1F. The van der Waals surface area contributed by atoms with E-state index in [0.29, 0.717) is 6.04 Å². The van der Waals surface area contributed by atoms with E-state index in [-0.39, 0.29) is 11.9 Å². The van der Waals surface area contributed by atoms with Crippen LogP contribution in [0.25, 0.3) is 0 Å². The Labute approximate surface area is 117 Å². The van der Waals surface area contributed by atoms with E-state index in [0.717, 1.165) is 23.1 Å². The Balaban J connectivity index is 2.02. The van der Waals surface area contributed by atoms with Gasteiger partial charge in [-0.25, -0.2) is 4.39 Å². The summed E-state index contributed by atoms with van der Waals surface area (Å²) in [5.41, 5.74) is 0.734. The maximum atomic E-state index is 13.8. The van der Waals surface area contributed by atoms with Crippen molar-refractivity contribution in [2.75, 3.05) is 20.1 Å². The van der Waals surface area contributed by atoms with Crippen LogP contribution in [0.5, 0.6) is 0 Å². The van der Waals surface area contributed by atoms with Crippen LogP contribution in [0.15, 0.2) is 22.7 Å². The Morgan fingerprint density at radius 3 is 3.00 bits per heavy atom. The predicted molar refractivity (Wildman–Crippen MR) is 76.2 cm³/mol. The van der Waals surface area contributed by atoms with Gasteiger partial charge in [-0.1, -0.05) is 15.9 Å². The molecule has 0 aromatic heterocycles. The fourth-order valence-electron chi connectivity index (χ4n) is 2.59. The number of likely N-dealkylation sites (N-methyl/N-ethyl adjacent to an activating group) is 1. The fraction of sp³-hybridized carbons (Fsp3) is 0.571. The van der Waals surface area contributed by atoms with Gasteiger partial charge in [0.05, 0.1) is 0 Å². The average molecular weight is 315 g/mol. The highest BCUT2D eigenvalue weighted by Gasteiger charge is 2.20. The van der Waals surface area contributed by atoms with E-state index in [1.807, 2.05) is 13.0 Å². The van der Waals surface area contributed by atoms with E-state index >= 15 is 0 Å². The highest BCUT2D eigenvalue weighted by Crippen LogP contribution is 2.23. The van der Waals surface area contributed by atoms with Crippen molar-refractivity contribution in [2.45, 2.75) is 31.8 Å². The van der Waals surface area contributed by atoms with Gasteiger partial charge >= 0.3 is 0 Å². The van der Waals surface area contributed by atoms with Gasteiger partial charge < -0.3 is 10.2 Å². The maximum absolute atomic E-state index is 13.8. The first kappa shape index (κ1) is 14.0. The van der Waals surface area contributed by atoms with Gasteiger partial charge in [-0.2, -0.15) is 0 Å². The summed E-state index contributed by atoms with van der Waals surface area (Å²) in [7, 11) is 2.14. The van der Waals surface area contributed by atoms with E-state index in [4.69, 9.17) is 0 Å². The third-order valence-corrected chi connectivity index (χ3v) is 4.03. The first-order chi connectivity index (χ1) is 8.56. The summed E-state index contributed by atoms with van der Waals surface area (Å²) in [6.45, 7) is 4.23. The second kappa shape index (κ2) is 6.13. The van der Waals surface area contributed by atoms with Gasteiger partial charge in [0, 0.05) is 28.7 Å². The van der Waals surface area contributed by atoms with Crippen molar-refractivity contribution in [1.29, 1.82) is 0 Å². The summed E-state index contributed by atoms with van der Waals surface area (Å²) < 4.78 is 14.7. The van der Waals surface area contributed by atoms with Gasteiger partial charge in [0.2, 0.25) is 0 Å². The minimum Gasteiger partial charge on any atom is -0.306 e. The summed E-state index contributed by atoms with van der Waals surface area (Å²) in [6, 6.07) is 5.61. The number of hydrogen-bond donors (Lipinski definition) is 1. The van der Waals surface area contributed by atoms with Crippen LogP contribution < -0.4 is 5.32 Å². The molecule has 0 radical (unpaired) electrons. The van der Waals surface area contributed by atoms with Gasteiger partial charge in [-0.05, 0) is 51.6 Å². The highest BCUT2D eigenvalue weighted by atomic mass is 79.9. The Kier molecular flexibility index (Phi) is 4.76. The van der Waals surface area contributed by atoms with Gasteiger partial charge in [-0.3, -0.25) is 0 Å². The average Bonchev–Trinajstić information content (AvgIpc) is 2.32. The molecular weight excluding hydrogens is 295 g/mol. The molecule has 1 aromatic rings. The van der Waals surface area contributed by atoms with Gasteiger partial charge in [0.15, 0.2) is 0 Å². The van der Waals surface area contributed by atoms with Crippen molar-refractivity contribution >= 4 is 15.9 Å². The second-order valence-corrected chi connectivity index (χ2v) is 6.07. The lowest BCUT2D eigenvalue weighted by molar-refractivity contribution is 0.218. The monoisotopic (exact) mass is 314 g/mol. The lowest BCUT2D eigenvalue weighted by atomic mass is 10.0. The summed E-state index contributed by atoms with van der Waals surface area (Å²) >= 11 is 3.40. The Morgan fingerprint density at radius 2 is 2.28 bits per heavy atom. The van der Waals surface area contributed by atoms with Crippen LogP contribution in [0, 0.1) is 5.82 Å². The molecule has 0 saturated carbocycles. The van der Waals surface area contributed by atoms with E-state index in [2.05, 4.69) is 33.2 Å². The van der Waals surface area contributed by atoms with Crippen LogP contribution in [0.4, 0.5) is 4.39 Å². The molecule has 1 heterocycles. The normalized spacial score (nSPS) is 23.0. The summed E-state index contributed by atoms with van der Waals surface area (Å²) in [4.78, 5) is 2.32. The molecule has 4 heteroatoms. The molecule has 0 spiro atoms. The topological polar surface area (TPSA) is 15.3 Å². The first-order valence-electron chi connectivity index (χ1n) is 6.46. The molecule has 0 amide bonds. The summed E-state index contributed by atoms with van der Waals surface area (Å²) in [5.74, 6) is -0.137. The number of nitrogens with zero attached hydrogens (tertiary/aromatic N) is 1. The summed E-state index contributed by atoms with van der Waals surface area (Å²) in [5, 5.41) is 3.53. The molecule has 2 unspecified atom stereocenters. The maximum Gasteiger partial charge on any atom is 0.128 e. The Hall–Kier alpha value is -0.450. The fourth-order valence-corrected chi connectivity index (χ4v) is 2.97. The lowest BCUT2D eigenvalue weighted by Crippen LogP contribution is -2.44. The molecule has 100 valence electrons. The van der Waals surface area contributed by atoms with E-state index in [9.17, 15) is 4.39 Å². The van der Waals surface area contributed by atoms with Crippen molar-refractivity contribution in [2.24, 2.45) is 0 Å². The molecule has 18 heavy (non-hydrogen) atoms. The molecule has 1 fully saturated rings. The smallest absolute Gasteiger partial charge is 0.128 e. The first-order valence-corrected chi connectivity index (χ1v) is 7.25. The van der Waals surface area contributed by atoms with Crippen molar-refractivity contribution in [1.82, 2.24) is 10.2 Å². The van der Waals surface area contributed by atoms with Gasteiger partial charge in [0.1, 0.15) is 5.82 Å². The number of hydrogen-bond acceptors (Lipinski definition) is 2. The third-order valence-electron chi connectivity index (χ3n) is 3.53. The molecule has 0 bridgehead atoms. The zero-order valence-corrected chi connectivity index (χ0v) is 12.5. The highest BCUT2D eigenvalue weighted by molar-refractivity contribution is 9.10. The molecule has 2 rings (SSSR count). The minimum atomic E-state index is -0.137. The van der Waals surface area contributed by atoms with Crippen molar-refractivity contribution in [3.05, 3.63) is 34.1 Å². The quantitative estimate of drug-likeness (QED) is 0.920. The number of benzene rings is 1. The molecule has 1 aromatic carbocycles. The van der Waals surface area contributed by atoms with Gasteiger partial charge in [-0.15, -0.1) is 0 Å². The summed E-state index contributed by atoms with van der Waals surface area (Å²) in [6.07, 6.45) is 2.38. The van der Waals surface area contributed by atoms with Crippen molar-refractivity contribution < 1.29 is 4.39 Å². The molecule has 2 nitrogen and oxygen atoms in total. The largest absolute Gasteiger partial charge is 0.306 e. The lowest BCUT2D eigenvalue weighted by Gasteiger charge is -2.32. The van der Waals surface area contributed by atoms with Crippen LogP contribution in [-0.4, -0.2) is 31.1 Å². The number of halogens is 2. The zero-order valence-electron chi connectivity index (χ0n) is 10.9. The van der Waals surface area contributed by atoms with E-state index in [1.54, 1.807) is 6.07 Å². The molecule has 1 aliphatic heterocycles. The third kappa shape index (κ3) is 3.53. The van der Waals surface area contributed by atoms with Crippen LogP contribution in [0.3, 0.4) is 0 Å². The standard InChI is InChI=1S/C14H20BrFN2/c1-10(13-8-11(15)5-6-14(13)16)17-12-4-3-7-18(2)9-12/h5-6,8,10,12,17H,3-4,7,9H2,1-2H3. The predicted octanol–water partition coefficient (Wildman–Crippen LogP) is 3.33. The number of rotatable bonds is 3. The van der Waals surface area contributed by atoms with Gasteiger partial charge in [0.25, 0.3) is 0 Å². The second-order valence-electron chi connectivity index (χ2n) is 5.16. The minimum absolute atomic E-state index is 0.0407. The molecule has 1 aliphatic rings. The van der Waals surface area contributed by atoms with Crippen LogP contribution in [0.2, 0.25) is 0 Å². The molecule has 0 aliphatic carbocycles. The zero-order chi connectivity index (χ0) is 13.1. The number of nitrogens with one attached hydrogen (secondary N) is 1. The Morgan fingerprint density at radius 1 is 1.50 bits per heavy atom. The molecule has 1 saturated heterocycles. The molecule has 2 atom stereocenters.